The molecule has 0 aromatic rings. The van der Waals surface area contributed by atoms with Crippen LogP contribution in [0.4, 0.5) is 8.78 Å². The molecule has 2 heterocycles. The molecule has 2 fully saturated rings. The quantitative estimate of drug-likeness (QED) is 0.703. The van der Waals surface area contributed by atoms with Gasteiger partial charge in [0.2, 0.25) is 5.91 Å². The summed E-state index contributed by atoms with van der Waals surface area (Å²) in [5.41, 5.74) is 0. The maximum absolute atomic E-state index is 13.0. The van der Waals surface area contributed by atoms with Gasteiger partial charge in [-0.3, -0.25) is 9.69 Å². The number of carbonyl (C=O) groups is 1. The predicted molar refractivity (Wildman–Crippen MR) is 61.0 cm³/mol. The Balaban J connectivity index is 1.80. The highest BCUT2D eigenvalue weighted by Crippen LogP contribution is 2.30. The number of carbonyl (C=O) groups excluding carboxylic acids is 1. The topological polar surface area (TPSA) is 23.6 Å². The van der Waals surface area contributed by atoms with Gasteiger partial charge in [-0.15, -0.1) is 0 Å². The number of rotatable bonds is 1. The summed E-state index contributed by atoms with van der Waals surface area (Å²) in [5, 5.41) is 0. The van der Waals surface area contributed by atoms with Crippen molar-refractivity contribution < 1.29 is 13.6 Å². The molecule has 3 nitrogen and oxygen atoms in total. The first kappa shape index (κ1) is 12.7. The largest absolute Gasteiger partial charge is 0.343 e. The van der Waals surface area contributed by atoms with Crippen molar-refractivity contribution in [1.82, 2.24) is 9.80 Å². The lowest BCUT2D eigenvalue weighted by molar-refractivity contribution is -0.130. The van der Waals surface area contributed by atoms with Crippen LogP contribution in [-0.2, 0) is 4.79 Å². The molecule has 0 bridgehead atoms. The Hall–Kier alpha value is -0.710. The lowest BCUT2D eigenvalue weighted by Gasteiger charge is -2.41. The molecule has 2 rings (SSSR count). The summed E-state index contributed by atoms with van der Waals surface area (Å²) in [4.78, 5) is 15.2. The number of hydrogen-bond acceptors (Lipinski definition) is 2. The molecule has 0 N–H and O–H groups in total. The fraction of sp³-hybridized carbons (Fsp3) is 0.917. The molecule has 0 atom stereocenters. The molecule has 0 unspecified atom stereocenters. The summed E-state index contributed by atoms with van der Waals surface area (Å²) in [6, 6.07) is 0.390. The van der Waals surface area contributed by atoms with Gasteiger partial charge in [0.1, 0.15) is 0 Å². The highest BCUT2D eigenvalue weighted by Gasteiger charge is 2.37. The minimum Gasteiger partial charge on any atom is -0.343 e. The van der Waals surface area contributed by atoms with E-state index in [2.05, 4.69) is 4.90 Å². The van der Waals surface area contributed by atoms with Crippen molar-refractivity contribution in [1.29, 1.82) is 0 Å². The fourth-order valence-corrected chi connectivity index (χ4v) is 2.76. The van der Waals surface area contributed by atoms with Gasteiger partial charge in [0.25, 0.3) is 5.92 Å². The van der Waals surface area contributed by atoms with Gasteiger partial charge >= 0.3 is 0 Å². The Bertz CT molecular complexity index is 278. The van der Waals surface area contributed by atoms with Crippen molar-refractivity contribution in [2.24, 2.45) is 0 Å². The first-order valence-electron chi connectivity index (χ1n) is 6.35. The number of amides is 1. The van der Waals surface area contributed by atoms with E-state index in [4.69, 9.17) is 0 Å². The monoisotopic (exact) mass is 246 g/mol. The predicted octanol–water partition coefficient (Wildman–Crippen LogP) is 1.73. The van der Waals surface area contributed by atoms with Gasteiger partial charge in [0.05, 0.1) is 0 Å². The minimum absolute atomic E-state index is 0.0140. The van der Waals surface area contributed by atoms with Crippen LogP contribution >= 0.6 is 0 Å². The normalized spacial score (nSPS) is 27.1. The van der Waals surface area contributed by atoms with Gasteiger partial charge in [-0.2, -0.15) is 0 Å². The fourth-order valence-electron chi connectivity index (χ4n) is 2.76. The van der Waals surface area contributed by atoms with Crippen LogP contribution in [0.15, 0.2) is 0 Å². The van der Waals surface area contributed by atoms with Crippen molar-refractivity contribution in [3.05, 3.63) is 0 Å². The molecule has 5 heteroatoms. The van der Waals surface area contributed by atoms with Gasteiger partial charge in [-0.05, 0) is 12.8 Å². The molecule has 0 aromatic heterocycles. The molecule has 0 spiro atoms. The molecule has 0 radical (unpaired) electrons. The van der Waals surface area contributed by atoms with Crippen molar-refractivity contribution in [2.45, 2.75) is 44.6 Å². The van der Waals surface area contributed by atoms with Crippen LogP contribution in [0.2, 0.25) is 0 Å². The van der Waals surface area contributed by atoms with E-state index in [1.54, 1.807) is 6.92 Å². The van der Waals surface area contributed by atoms with Crippen LogP contribution in [0.5, 0.6) is 0 Å². The molecular weight excluding hydrogens is 226 g/mol. The highest BCUT2D eigenvalue weighted by atomic mass is 19.3. The average molecular weight is 246 g/mol. The minimum atomic E-state index is -2.46. The third-order valence-electron chi connectivity index (χ3n) is 3.96. The maximum atomic E-state index is 13.0. The second kappa shape index (κ2) is 4.88. The van der Waals surface area contributed by atoms with Crippen LogP contribution in [0.25, 0.3) is 0 Å². The number of hydrogen-bond donors (Lipinski definition) is 0. The van der Waals surface area contributed by atoms with E-state index in [0.29, 0.717) is 19.1 Å². The zero-order valence-electron chi connectivity index (χ0n) is 10.3. The molecule has 2 saturated heterocycles. The van der Waals surface area contributed by atoms with Crippen LogP contribution in [-0.4, -0.2) is 53.9 Å². The lowest BCUT2D eigenvalue weighted by atomic mass is 9.98. The van der Waals surface area contributed by atoms with Crippen molar-refractivity contribution in [3.8, 4) is 0 Å². The Morgan fingerprint density at radius 1 is 1.12 bits per heavy atom. The van der Waals surface area contributed by atoms with E-state index in [1.165, 1.54) is 0 Å². The highest BCUT2D eigenvalue weighted by molar-refractivity contribution is 5.73. The second-order valence-corrected chi connectivity index (χ2v) is 5.13. The van der Waals surface area contributed by atoms with E-state index < -0.39 is 5.92 Å². The van der Waals surface area contributed by atoms with Gasteiger partial charge in [-0.25, -0.2) is 8.78 Å². The Kier molecular flexibility index (Phi) is 3.66. The Morgan fingerprint density at radius 3 is 2.12 bits per heavy atom. The molecule has 2 aliphatic heterocycles. The number of halogens is 2. The van der Waals surface area contributed by atoms with Crippen molar-refractivity contribution in [3.63, 3.8) is 0 Å². The first-order chi connectivity index (χ1) is 7.98. The molecule has 0 saturated carbocycles. The summed E-state index contributed by atoms with van der Waals surface area (Å²) in [6.45, 7) is 4.12. The van der Waals surface area contributed by atoms with Crippen LogP contribution in [0.3, 0.4) is 0 Å². The maximum Gasteiger partial charge on any atom is 0.250 e. The number of nitrogens with zero attached hydrogens (tertiary/aromatic N) is 2. The van der Waals surface area contributed by atoms with Crippen molar-refractivity contribution >= 4 is 5.91 Å². The SMILES string of the molecule is CC(=O)N1CCC(N2CCC(F)(F)CC2)CC1. The molecule has 17 heavy (non-hydrogen) atoms. The zero-order chi connectivity index (χ0) is 12.5. The van der Waals surface area contributed by atoms with E-state index in [9.17, 15) is 13.6 Å². The van der Waals surface area contributed by atoms with Crippen LogP contribution in [0.1, 0.15) is 32.6 Å². The first-order valence-corrected chi connectivity index (χ1v) is 6.35. The molecule has 1 amide bonds. The molecular formula is C12H20F2N2O. The van der Waals surface area contributed by atoms with E-state index in [1.807, 2.05) is 4.90 Å². The molecule has 2 aliphatic rings. The van der Waals surface area contributed by atoms with E-state index in [-0.39, 0.29) is 18.7 Å². The summed E-state index contributed by atoms with van der Waals surface area (Å²) < 4.78 is 26.1. The number of piperidine rings is 2. The van der Waals surface area contributed by atoms with Crippen molar-refractivity contribution in [2.75, 3.05) is 26.2 Å². The molecule has 0 aliphatic carbocycles. The van der Waals surface area contributed by atoms with Crippen LogP contribution in [0, 0.1) is 0 Å². The summed E-state index contributed by atoms with van der Waals surface area (Å²) in [6.07, 6.45) is 1.82. The summed E-state index contributed by atoms with van der Waals surface area (Å²) in [7, 11) is 0. The molecule has 0 aromatic carbocycles. The second-order valence-electron chi connectivity index (χ2n) is 5.13. The number of likely N-dealkylation sites (tertiary alicyclic amines) is 2. The number of alkyl halides is 2. The van der Waals surface area contributed by atoms with Crippen LogP contribution < -0.4 is 0 Å². The third kappa shape index (κ3) is 3.15. The standard InChI is InChI=1S/C12H20F2N2O/c1-10(17)15-6-2-11(3-7-15)16-8-4-12(13,14)5-9-16/h11H,2-9H2,1H3. The van der Waals surface area contributed by atoms with Gasteiger partial charge < -0.3 is 4.90 Å². The van der Waals surface area contributed by atoms with Gasteiger partial charge in [-0.1, -0.05) is 0 Å². The average Bonchev–Trinajstić information content (AvgIpc) is 2.29. The summed E-state index contributed by atoms with van der Waals surface area (Å²) in [5.74, 6) is -2.34. The van der Waals surface area contributed by atoms with Gasteiger partial charge in [0.15, 0.2) is 0 Å². The Labute approximate surface area is 101 Å². The lowest BCUT2D eigenvalue weighted by Crippen LogP contribution is -2.50. The third-order valence-corrected chi connectivity index (χ3v) is 3.96. The smallest absolute Gasteiger partial charge is 0.250 e. The van der Waals surface area contributed by atoms with E-state index in [0.717, 1.165) is 25.9 Å². The molecule has 98 valence electrons. The summed E-state index contributed by atoms with van der Waals surface area (Å²) >= 11 is 0. The van der Waals surface area contributed by atoms with Gasteiger partial charge in [0, 0.05) is 52.0 Å². The van der Waals surface area contributed by atoms with E-state index >= 15 is 0 Å². The zero-order valence-corrected chi connectivity index (χ0v) is 10.3. The Morgan fingerprint density at radius 2 is 1.65 bits per heavy atom.